The number of fused-ring (bicyclic) bond motifs is 1. The third-order valence-corrected chi connectivity index (χ3v) is 6.69. The fraction of sp³-hybridized carbons (Fsp3) is 0.296. The molecule has 8 heteroatoms. The standard InChI is InChI=1S/C27H28ClN5O2/c1-17-9-18(11-19(28)10-17)23-13-30-25-14-31-33(21-6-3-7-22(34)12-21)27(35)26(25)24(23)16-32(2)15-20-5-4-8-29-20/h3,6-7,9-14,20,29,34H,4-5,8,15-16H2,1-2H3/t20-/m0/s1. The Kier molecular flexibility index (Phi) is 6.56. The largest absolute Gasteiger partial charge is 0.508 e. The lowest BCUT2D eigenvalue weighted by molar-refractivity contribution is 0.294. The lowest BCUT2D eigenvalue weighted by Gasteiger charge is -2.23. The molecule has 1 aliphatic rings. The monoisotopic (exact) mass is 489 g/mol. The van der Waals surface area contributed by atoms with Crippen LogP contribution in [0.2, 0.25) is 5.02 Å². The van der Waals surface area contributed by atoms with Crippen molar-refractivity contribution in [3.63, 3.8) is 0 Å². The van der Waals surface area contributed by atoms with Crippen molar-refractivity contribution in [2.24, 2.45) is 0 Å². The summed E-state index contributed by atoms with van der Waals surface area (Å²) in [5, 5.41) is 19.0. The minimum Gasteiger partial charge on any atom is -0.508 e. The molecule has 0 spiro atoms. The van der Waals surface area contributed by atoms with Gasteiger partial charge in [0, 0.05) is 42.0 Å². The van der Waals surface area contributed by atoms with E-state index in [1.807, 2.05) is 25.3 Å². The number of nitrogens with one attached hydrogen (secondary N) is 1. The maximum Gasteiger partial charge on any atom is 0.281 e. The third-order valence-electron chi connectivity index (χ3n) is 6.47. The van der Waals surface area contributed by atoms with Crippen molar-refractivity contribution in [2.75, 3.05) is 20.1 Å². The number of benzene rings is 2. The molecule has 0 aliphatic carbocycles. The van der Waals surface area contributed by atoms with Gasteiger partial charge in [0.05, 0.1) is 22.8 Å². The van der Waals surface area contributed by atoms with Crippen LogP contribution in [0.3, 0.4) is 0 Å². The van der Waals surface area contributed by atoms with E-state index in [0.29, 0.717) is 34.2 Å². The number of halogens is 1. The molecular weight excluding hydrogens is 462 g/mol. The van der Waals surface area contributed by atoms with Gasteiger partial charge in [-0.3, -0.25) is 9.78 Å². The highest BCUT2D eigenvalue weighted by Gasteiger charge is 2.21. The van der Waals surface area contributed by atoms with Crippen LogP contribution in [-0.2, 0) is 6.54 Å². The number of aryl methyl sites for hydroxylation is 1. The predicted octanol–water partition coefficient (Wildman–Crippen LogP) is 4.30. The quantitative estimate of drug-likeness (QED) is 0.420. The van der Waals surface area contributed by atoms with Gasteiger partial charge in [-0.15, -0.1) is 0 Å². The summed E-state index contributed by atoms with van der Waals surface area (Å²) in [6, 6.07) is 12.8. The molecule has 0 unspecified atom stereocenters. The van der Waals surface area contributed by atoms with Crippen LogP contribution in [0, 0.1) is 6.92 Å². The Hall–Kier alpha value is -3.26. The molecule has 2 N–H and O–H groups in total. The lowest BCUT2D eigenvalue weighted by Crippen LogP contribution is -2.35. The van der Waals surface area contributed by atoms with E-state index in [1.54, 1.807) is 24.4 Å². The van der Waals surface area contributed by atoms with Crippen LogP contribution in [0.15, 0.2) is 59.7 Å². The minimum absolute atomic E-state index is 0.0709. The smallest absolute Gasteiger partial charge is 0.281 e. The number of phenolic OH excluding ortho intramolecular Hbond substituents is 1. The number of phenols is 1. The van der Waals surface area contributed by atoms with Crippen LogP contribution in [-0.4, -0.2) is 50.9 Å². The minimum atomic E-state index is -0.274. The second kappa shape index (κ2) is 9.77. The molecule has 1 atom stereocenters. The molecule has 0 amide bonds. The first kappa shape index (κ1) is 23.5. The van der Waals surface area contributed by atoms with Gasteiger partial charge in [-0.1, -0.05) is 23.7 Å². The summed E-state index contributed by atoms with van der Waals surface area (Å²) >= 11 is 6.40. The van der Waals surface area contributed by atoms with Gasteiger partial charge in [-0.2, -0.15) is 9.78 Å². The highest BCUT2D eigenvalue weighted by molar-refractivity contribution is 6.31. The second-order valence-electron chi connectivity index (χ2n) is 9.30. The van der Waals surface area contributed by atoms with E-state index in [4.69, 9.17) is 11.6 Å². The number of hydrogen-bond donors (Lipinski definition) is 2. The first-order chi connectivity index (χ1) is 16.9. The number of pyridine rings is 1. The summed E-state index contributed by atoms with van der Waals surface area (Å²) in [5.74, 6) is 0.0709. The Bertz CT molecular complexity index is 1430. The SMILES string of the molecule is Cc1cc(Cl)cc(-c2cnc3cnn(-c4cccc(O)c4)c(=O)c3c2CN(C)C[C@@H]2CCCN2)c1. The Labute approximate surface area is 209 Å². The Morgan fingerprint density at radius 1 is 1.23 bits per heavy atom. The first-order valence-electron chi connectivity index (χ1n) is 11.8. The van der Waals surface area contributed by atoms with Gasteiger partial charge < -0.3 is 15.3 Å². The Balaban J connectivity index is 1.70. The van der Waals surface area contributed by atoms with Crippen LogP contribution in [0.25, 0.3) is 27.7 Å². The Morgan fingerprint density at radius 2 is 2.09 bits per heavy atom. The highest BCUT2D eigenvalue weighted by atomic mass is 35.5. The van der Waals surface area contributed by atoms with E-state index in [2.05, 4.69) is 33.4 Å². The third kappa shape index (κ3) is 4.93. The van der Waals surface area contributed by atoms with Gasteiger partial charge in [-0.05, 0) is 74.3 Å². The van der Waals surface area contributed by atoms with E-state index >= 15 is 0 Å². The molecule has 7 nitrogen and oxygen atoms in total. The average molecular weight is 490 g/mol. The van der Waals surface area contributed by atoms with Crippen LogP contribution in [0.1, 0.15) is 24.0 Å². The van der Waals surface area contributed by atoms with Gasteiger partial charge in [0.15, 0.2) is 0 Å². The van der Waals surface area contributed by atoms with Gasteiger partial charge >= 0.3 is 0 Å². The van der Waals surface area contributed by atoms with Crippen molar-refractivity contribution in [1.29, 1.82) is 0 Å². The van der Waals surface area contributed by atoms with Crippen molar-refractivity contribution < 1.29 is 5.11 Å². The van der Waals surface area contributed by atoms with E-state index in [1.165, 1.54) is 17.2 Å². The van der Waals surface area contributed by atoms with Gasteiger partial charge in [0.25, 0.3) is 5.56 Å². The summed E-state index contributed by atoms with van der Waals surface area (Å²) < 4.78 is 1.32. The normalized spacial score (nSPS) is 15.8. The van der Waals surface area contributed by atoms with Crippen LogP contribution >= 0.6 is 11.6 Å². The number of aromatic nitrogens is 3. The van der Waals surface area contributed by atoms with E-state index in [0.717, 1.165) is 41.8 Å². The summed E-state index contributed by atoms with van der Waals surface area (Å²) in [7, 11) is 2.08. The summed E-state index contributed by atoms with van der Waals surface area (Å²) in [4.78, 5) is 20.7. The summed E-state index contributed by atoms with van der Waals surface area (Å²) in [6.07, 6.45) is 5.75. The van der Waals surface area contributed by atoms with Crippen LogP contribution < -0.4 is 10.9 Å². The van der Waals surface area contributed by atoms with Gasteiger partial charge in [-0.25, -0.2) is 0 Å². The molecule has 2 aromatic carbocycles. The molecule has 0 bridgehead atoms. The molecular formula is C27H28ClN5O2. The zero-order valence-corrected chi connectivity index (χ0v) is 20.6. The summed E-state index contributed by atoms with van der Waals surface area (Å²) in [5.41, 5.74) is 4.48. The number of likely N-dealkylation sites (N-methyl/N-ethyl adjacent to an activating group) is 1. The molecule has 0 saturated carbocycles. The molecule has 5 rings (SSSR count). The molecule has 1 fully saturated rings. The number of nitrogens with zero attached hydrogens (tertiary/aromatic N) is 4. The molecule has 1 saturated heterocycles. The number of aromatic hydroxyl groups is 1. The molecule has 4 aromatic rings. The van der Waals surface area contributed by atoms with E-state index in [9.17, 15) is 9.90 Å². The van der Waals surface area contributed by atoms with E-state index < -0.39 is 0 Å². The molecule has 35 heavy (non-hydrogen) atoms. The molecule has 3 heterocycles. The predicted molar refractivity (Wildman–Crippen MR) is 139 cm³/mol. The van der Waals surface area contributed by atoms with E-state index in [-0.39, 0.29) is 11.3 Å². The maximum atomic E-state index is 13.8. The van der Waals surface area contributed by atoms with Crippen molar-refractivity contribution in [2.45, 2.75) is 32.4 Å². The highest BCUT2D eigenvalue weighted by Crippen LogP contribution is 2.31. The first-order valence-corrected chi connectivity index (χ1v) is 12.2. The fourth-order valence-corrected chi connectivity index (χ4v) is 5.20. The topological polar surface area (TPSA) is 83.3 Å². The molecule has 180 valence electrons. The second-order valence-corrected chi connectivity index (χ2v) is 9.74. The van der Waals surface area contributed by atoms with Gasteiger partial charge in [0.1, 0.15) is 5.75 Å². The van der Waals surface area contributed by atoms with Crippen molar-refractivity contribution in [3.8, 4) is 22.6 Å². The molecule has 2 aromatic heterocycles. The molecule has 1 aliphatic heterocycles. The zero-order valence-electron chi connectivity index (χ0n) is 19.8. The average Bonchev–Trinajstić information content (AvgIpc) is 3.31. The number of hydrogen-bond acceptors (Lipinski definition) is 6. The van der Waals surface area contributed by atoms with Crippen LogP contribution in [0.4, 0.5) is 0 Å². The van der Waals surface area contributed by atoms with Crippen molar-refractivity contribution in [1.82, 2.24) is 25.0 Å². The summed E-state index contributed by atoms with van der Waals surface area (Å²) in [6.45, 7) is 4.49. The van der Waals surface area contributed by atoms with Crippen molar-refractivity contribution in [3.05, 3.63) is 81.4 Å². The Morgan fingerprint density at radius 3 is 2.83 bits per heavy atom. The fourth-order valence-electron chi connectivity index (χ4n) is 4.91. The van der Waals surface area contributed by atoms with Crippen molar-refractivity contribution >= 4 is 22.5 Å². The zero-order chi connectivity index (χ0) is 24.5. The molecule has 0 radical (unpaired) electrons. The maximum absolute atomic E-state index is 13.8. The van der Waals surface area contributed by atoms with Crippen LogP contribution in [0.5, 0.6) is 5.75 Å². The van der Waals surface area contributed by atoms with Gasteiger partial charge in [0.2, 0.25) is 0 Å². The lowest BCUT2D eigenvalue weighted by atomic mass is 9.97. The number of rotatable bonds is 6.